The van der Waals surface area contributed by atoms with Crippen molar-refractivity contribution in [3.63, 3.8) is 0 Å². The molecule has 2 N–H and O–H groups in total. The van der Waals surface area contributed by atoms with E-state index in [0.29, 0.717) is 30.7 Å². The van der Waals surface area contributed by atoms with Crippen molar-refractivity contribution in [1.82, 2.24) is 0 Å². The fourth-order valence-corrected chi connectivity index (χ4v) is 3.26. The van der Waals surface area contributed by atoms with Crippen molar-refractivity contribution in [2.45, 2.75) is 50.5 Å². The molecule has 0 heterocycles. The van der Waals surface area contributed by atoms with Gasteiger partial charge in [-0.3, -0.25) is 0 Å². The van der Waals surface area contributed by atoms with Crippen molar-refractivity contribution in [2.24, 2.45) is 0 Å². The lowest BCUT2D eigenvalue weighted by molar-refractivity contribution is 0.0457. The molecule has 0 saturated heterocycles. The minimum Gasteiger partial charge on any atom is -0.388 e. The molecule has 1 aromatic rings. The Labute approximate surface area is 122 Å². The van der Waals surface area contributed by atoms with E-state index in [1.165, 1.54) is 0 Å². The normalized spacial score (nSPS) is 12.4. The second-order valence-electron chi connectivity index (χ2n) is 5.13. The van der Waals surface area contributed by atoms with Gasteiger partial charge in [0.05, 0.1) is 16.2 Å². The number of anilines is 1. The van der Waals surface area contributed by atoms with Gasteiger partial charge in [0.15, 0.2) is 9.84 Å². The van der Waals surface area contributed by atoms with Crippen molar-refractivity contribution < 1.29 is 13.5 Å². The van der Waals surface area contributed by atoms with E-state index < -0.39 is 15.4 Å². The van der Waals surface area contributed by atoms with Crippen LogP contribution in [0.25, 0.3) is 0 Å². The highest BCUT2D eigenvalue weighted by Gasteiger charge is 2.21. The van der Waals surface area contributed by atoms with Crippen LogP contribution in [0, 0.1) is 0 Å². The number of benzene rings is 1. The summed E-state index contributed by atoms with van der Waals surface area (Å²) in [5.41, 5.74) is 0.105. The Balaban J connectivity index is 2.73. The van der Waals surface area contributed by atoms with Crippen LogP contribution in [0.15, 0.2) is 29.2 Å². The number of hydrogen-bond acceptors (Lipinski definition) is 4. The molecule has 0 aliphatic heterocycles. The third-order valence-corrected chi connectivity index (χ3v) is 5.56. The highest BCUT2D eigenvalue weighted by molar-refractivity contribution is 7.91. The van der Waals surface area contributed by atoms with E-state index in [1.54, 1.807) is 24.3 Å². The van der Waals surface area contributed by atoms with Crippen LogP contribution in [0.2, 0.25) is 0 Å². The molecular weight excluding hydrogens is 274 g/mol. The van der Waals surface area contributed by atoms with Crippen molar-refractivity contribution in [3.8, 4) is 0 Å². The summed E-state index contributed by atoms with van der Waals surface area (Å²) >= 11 is 0. The number of rotatable bonds is 8. The monoisotopic (exact) mass is 299 g/mol. The van der Waals surface area contributed by atoms with Crippen LogP contribution < -0.4 is 5.32 Å². The van der Waals surface area contributed by atoms with Crippen LogP contribution in [0.1, 0.15) is 40.0 Å². The molecule has 0 spiro atoms. The fraction of sp³-hybridized carbons (Fsp3) is 0.600. The van der Waals surface area contributed by atoms with E-state index in [2.05, 4.69) is 5.32 Å². The lowest BCUT2D eigenvalue weighted by Crippen LogP contribution is -2.35. The molecule has 0 aliphatic carbocycles. The van der Waals surface area contributed by atoms with Crippen LogP contribution >= 0.6 is 0 Å². The third kappa shape index (κ3) is 4.49. The smallest absolute Gasteiger partial charge is 0.178 e. The Morgan fingerprint density at radius 2 is 1.65 bits per heavy atom. The molecular formula is C15H25NO3S. The van der Waals surface area contributed by atoms with Gasteiger partial charge in [0, 0.05) is 12.2 Å². The first-order chi connectivity index (χ1) is 9.37. The first-order valence-electron chi connectivity index (χ1n) is 7.16. The molecule has 0 amide bonds. The van der Waals surface area contributed by atoms with Gasteiger partial charge in [-0.15, -0.1) is 0 Å². The highest BCUT2D eigenvalue weighted by Crippen LogP contribution is 2.19. The lowest BCUT2D eigenvalue weighted by atomic mass is 9.97. The van der Waals surface area contributed by atoms with Crippen LogP contribution in [-0.2, 0) is 9.84 Å². The lowest BCUT2D eigenvalue weighted by Gasteiger charge is -2.26. The zero-order valence-electron chi connectivity index (χ0n) is 12.5. The molecule has 0 saturated carbocycles. The topological polar surface area (TPSA) is 66.4 Å². The number of sulfone groups is 1. The first-order valence-corrected chi connectivity index (χ1v) is 8.81. The van der Waals surface area contributed by atoms with Gasteiger partial charge >= 0.3 is 0 Å². The summed E-state index contributed by atoms with van der Waals surface area (Å²) in [4.78, 5) is 0.353. The van der Waals surface area contributed by atoms with Crippen molar-refractivity contribution in [2.75, 3.05) is 17.6 Å². The average molecular weight is 299 g/mol. The second-order valence-corrected chi connectivity index (χ2v) is 7.24. The largest absolute Gasteiger partial charge is 0.388 e. The third-order valence-electron chi connectivity index (χ3n) is 3.62. The Morgan fingerprint density at radius 3 is 2.10 bits per heavy atom. The molecule has 1 rings (SSSR count). The predicted molar refractivity (Wildman–Crippen MR) is 82.8 cm³/mol. The molecule has 0 unspecified atom stereocenters. The summed E-state index contributed by atoms with van der Waals surface area (Å²) in [5.74, 6) is 0.172. The molecule has 0 atom stereocenters. The summed E-state index contributed by atoms with van der Waals surface area (Å²) in [6, 6.07) is 6.72. The highest BCUT2D eigenvalue weighted by atomic mass is 32.2. The number of hydrogen-bond donors (Lipinski definition) is 2. The summed E-state index contributed by atoms with van der Waals surface area (Å²) < 4.78 is 23.8. The number of aliphatic hydroxyl groups is 1. The maximum atomic E-state index is 11.9. The summed E-state index contributed by atoms with van der Waals surface area (Å²) in [7, 11) is -3.16. The molecule has 0 aromatic heterocycles. The van der Waals surface area contributed by atoms with E-state index in [0.717, 1.165) is 5.69 Å². The van der Waals surface area contributed by atoms with E-state index in [1.807, 2.05) is 20.8 Å². The van der Waals surface area contributed by atoms with Crippen molar-refractivity contribution in [3.05, 3.63) is 24.3 Å². The van der Waals surface area contributed by atoms with Crippen LogP contribution in [0.5, 0.6) is 0 Å². The maximum absolute atomic E-state index is 11.9. The van der Waals surface area contributed by atoms with Crippen molar-refractivity contribution in [1.29, 1.82) is 0 Å². The van der Waals surface area contributed by atoms with Gasteiger partial charge in [0.1, 0.15) is 0 Å². The molecule has 1 aromatic carbocycles. The molecule has 114 valence electrons. The van der Waals surface area contributed by atoms with E-state index in [4.69, 9.17) is 0 Å². The minimum atomic E-state index is -3.16. The van der Waals surface area contributed by atoms with Crippen LogP contribution in [0.3, 0.4) is 0 Å². The van der Waals surface area contributed by atoms with Gasteiger partial charge in [-0.1, -0.05) is 20.8 Å². The van der Waals surface area contributed by atoms with Gasteiger partial charge in [-0.25, -0.2) is 8.42 Å². The SMILES string of the molecule is CCCS(=O)(=O)c1ccc(NCC(O)(CC)CC)cc1. The Hall–Kier alpha value is -1.07. The van der Waals surface area contributed by atoms with E-state index in [-0.39, 0.29) is 5.75 Å². The Bertz CT molecular complexity index is 504. The van der Waals surface area contributed by atoms with Gasteiger partial charge < -0.3 is 10.4 Å². The first kappa shape index (κ1) is 17.0. The molecule has 4 nitrogen and oxygen atoms in total. The summed E-state index contributed by atoms with van der Waals surface area (Å²) in [5, 5.41) is 13.3. The van der Waals surface area contributed by atoms with E-state index >= 15 is 0 Å². The maximum Gasteiger partial charge on any atom is 0.178 e. The zero-order valence-corrected chi connectivity index (χ0v) is 13.3. The van der Waals surface area contributed by atoms with Gasteiger partial charge in [-0.2, -0.15) is 0 Å². The second kappa shape index (κ2) is 7.09. The van der Waals surface area contributed by atoms with E-state index in [9.17, 15) is 13.5 Å². The van der Waals surface area contributed by atoms with Crippen LogP contribution in [-0.4, -0.2) is 31.4 Å². The van der Waals surface area contributed by atoms with Gasteiger partial charge in [0.2, 0.25) is 0 Å². The minimum absolute atomic E-state index is 0.172. The predicted octanol–water partition coefficient (Wildman–Crippen LogP) is 2.83. The molecule has 0 aliphatic rings. The van der Waals surface area contributed by atoms with Gasteiger partial charge in [0.25, 0.3) is 0 Å². The Morgan fingerprint density at radius 1 is 1.10 bits per heavy atom. The molecule has 0 fully saturated rings. The standard InChI is InChI=1S/C15H25NO3S/c1-4-11-20(18,19)14-9-7-13(8-10-14)16-12-15(17,5-2)6-3/h7-10,16-17H,4-6,11-12H2,1-3H3. The van der Waals surface area contributed by atoms with Gasteiger partial charge in [-0.05, 0) is 43.5 Å². The molecule has 0 radical (unpaired) electrons. The molecule has 5 heteroatoms. The molecule has 20 heavy (non-hydrogen) atoms. The number of nitrogens with one attached hydrogen (secondary N) is 1. The fourth-order valence-electron chi connectivity index (χ4n) is 1.93. The quantitative estimate of drug-likeness (QED) is 0.774. The average Bonchev–Trinajstić information content (AvgIpc) is 2.45. The summed E-state index contributed by atoms with van der Waals surface area (Å²) in [6.45, 7) is 6.21. The van der Waals surface area contributed by atoms with Crippen LogP contribution in [0.4, 0.5) is 5.69 Å². The Kier molecular flexibility index (Phi) is 6.02. The summed E-state index contributed by atoms with van der Waals surface area (Å²) in [6.07, 6.45) is 1.97. The van der Waals surface area contributed by atoms with Crippen molar-refractivity contribution >= 4 is 15.5 Å². The zero-order chi connectivity index (χ0) is 15.2. The molecule has 0 bridgehead atoms.